The lowest BCUT2D eigenvalue weighted by Gasteiger charge is -2.11. The normalized spacial score (nSPS) is 10.7. The number of carboxylic acids is 2. The Hall–Kier alpha value is -2.73. The van der Waals surface area contributed by atoms with Crippen molar-refractivity contribution < 1.29 is 24.2 Å². The Bertz CT molecular complexity index is 725. The zero-order valence-electron chi connectivity index (χ0n) is 13.6. The molecule has 0 spiro atoms. The van der Waals surface area contributed by atoms with Gasteiger partial charge in [0.05, 0.1) is 0 Å². The number of likely N-dealkylation sites (N-methyl/N-ethyl adjacent to an activating group) is 1. The van der Waals surface area contributed by atoms with Gasteiger partial charge in [-0.05, 0) is 49.0 Å². The van der Waals surface area contributed by atoms with E-state index in [0.717, 1.165) is 23.7 Å². The molecular formula is C18H20FNO4. The fraction of sp³-hybridized carbons (Fsp3) is 0.222. The summed E-state index contributed by atoms with van der Waals surface area (Å²) >= 11 is 0. The highest BCUT2D eigenvalue weighted by Gasteiger charge is 2.02. The van der Waals surface area contributed by atoms with E-state index in [2.05, 4.69) is 11.0 Å². The predicted octanol–water partition coefficient (Wildman–Crippen LogP) is 2.79. The van der Waals surface area contributed by atoms with E-state index in [-0.39, 0.29) is 5.82 Å². The Morgan fingerprint density at radius 3 is 2.25 bits per heavy atom. The molecular weight excluding hydrogens is 313 g/mol. The van der Waals surface area contributed by atoms with Crippen molar-refractivity contribution in [3.05, 3.63) is 59.9 Å². The van der Waals surface area contributed by atoms with Gasteiger partial charge >= 0.3 is 11.9 Å². The van der Waals surface area contributed by atoms with E-state index in [4.69, 9.17) is 10.2 Å². The van der Waals surface area contributed by atoms with E-state index in [1.807, 2.05) is 32.3 Å². The zero-order chi connectivity index (χ0) is 18.1. The van der Waals surface area contributed by atoms with Crippen LogP contribution in [0.15, 0.2) is 48.6 Å². The Kier molecular flexibility index (Phi) is 7.58. The number of nitrogens with zero attached hydrogens (tertiary/aromatic N) is 1. The standard InChI is InChI=1S/C14H16FN.C4H4O4/c1-16(2)9-8-12-5-3-4-11-6-7-13(15)10-14(11)12;5-3(6)1-2-4(7)8/h3-7,10H,8-9H2,1-2H3;1-2H,(H,5,6)(H,7,8)/b;2-1+. The van der Waals surface area contributed by atoms with Crippen LogP contribution in [0.3, 0.4) is 0 Å². The third-order valence-electron chi connectivity index (χ3n) is 3.13. The van der Waals surface area contributed by atoms with Crippen molar-refractivity contribution in [3.63, 3.8) is 0 Å². The molecule has 2 aromatic carbocycles. The Balaban J connectivity index is 0.000000307. The maximum absolute atomic E-state index is 13.2. The molecule has 5 nitrogen and oxygen atoms in total. The minimum absolute atomic E-state index is 0.162. The second-order valence-electron chi connectivity index (χ2n) is 5.35. The van der Waals surface area contributed by atoms with Crippen molar-refractivity contribution in [2.24, 2.45) is 0 Å². The highest BCUT2D eigenvalue weighted by molar-refractivity contribution is 5.89. The van der Waals surface area contributed by atoms with Gasteiger partial charge in [-0.15, -0.1) is 0 Å². The molecule has 6 heteroatoms. The van der Waals surface area contributed by atoms with Gasteiger partial charge in [0.1, 0.15) is 5.82 Å². The van der Waals surface area contributed by atoms with Crippen LogP contribution in [0.4, 0.5) is 4.39 Å². The zero-order valence-corrected chi connectivity index (χ0v) is 13.6. The lowest BCUT2D eigenvalue weighted by molar-refractivity contribution is -0.134. The Morgan fingerprint density at radius 2 is 1.71 bits per heavy atom. The summed E-state index contributed by atoms with van der Waals surface area (Å²) in [6.07, 6.45) is 2.07. The number of aliphatic carboxylic acids is 2. The summed E-state index contributed by atoms with van der Waals surface area (Å²) in [6.45, 7) is 0.982. The topological polar surface area (TPSA) is 77.8 Å². The van der Waals surface area contributed by atoms with Crippen LogP contribution in [0.5, 0.6) is 0 Å². The van der Waals surface area contributed by atoms with Gasteiger partial charge < -0.3 is 15.1 Å². The van der Waals surface area contributed by atoms with E-state index >= 15 is 0 Å². The van der Waals surface area contributed by atoms with Crippen molar-refractivity contribution in [1.82, 2.24) is 4.90 Å². The van der Waals surface area contributed by atoms with Gasteiger partial charge in [0.2, 0.25) is 0 Å². The average Bonchev–Trinajstić information content (AvgIpc) is 2.51. The number of fused-ring (bicyclic) bond motifs is 1. The second-order valence-corrected chi connectivity index (χ2v) is 5.35. The third-order valence-corrected chi connectivity index (χ3v) is 3.13. The molecule has 0 amide bonds. The molecule has 0 saturated heterocycles. The molecule has 2 rings (SSSR count). The molecule has 128 valence electrons. The van der Waals surface area contributed by atoms with Gasteiger partial charge in [0.15, 0.2) is 0 Å². The molecule has 0 saturated carbocycles. The molecule has 0 bridgehead atoms. The Morgan fingerprint density at radius 1 is 1.08 bits per heavy atom. The van der Waals surface area contributed by atoms with Crippen LogP contribution >= 0.6 is 0 Å². The van der Waals surface area contributed by atoms with Crippen molar-refractivity contribution in [2.45, 2.75) is 6.42 Å². The molecule has 0 heterocycles. The molecule has 0 aliphatic rings. The minimum atomic E-state index is -1.26. The van der Waals surface area contributed by atoms with E-state index in [1.54, 1.807) is 6.07 Å². The fourth-order valence-corrected chi connectivity index (χ4v) is 2.01. The first-order chi connectivity index (χ1) is 11.3. The molecule has 0 fully saturated rings. The summed E-state index contributed by atoms with van der Waals surface area (Å²) in [5.74, 6) is -2.68. The summed E-state index contributed by atoms with van der Waals surface area (Å²) in [7, 11) is 4.09. The number of halogens is 1. The highest BCUT2D eigenvalue weighted by Crippen LogP contribution is 2.20. The number of hydrogen-bond acceptors (Lipinski definition) is 3. The summed E-state index contributed by atoms with van der Waals surface area (Å²) in [4.78, 5) is 21.2. The van der Waals surface area contributed by atoms with Crippen molar-refractivity contribution in [1.29, 1.82) is 0 Å². The molecule has 0 radical (unpaired) electrons. The number of carbonyl (C=O) groups is 2. The first-order valence-corrected chi connectivity index (χ1v) is 7.25. The maximum atomic E-state index is 13.2. The SMILES string of the molecule is CN(C)CCc1cccc2ccc(F)cc12.O=C(O)/C=C/C(=O)O. The first-order valence-electron chi connectivity index (χ1n) is 7.25. The molecule has 24 heavy (non-hydrogen) atoms. The largest absolute Gasteiger partial charge is 0.478 e. The molecule has 0 unspecified atom stereocenters. The van der Waals surface area contributed by atoms with Gasteiger partial charge in [0.25, 0.3) is 0 Å². The summed E-state index contributed by atoms with van der Waals surface area (Å²) in [6, 6.07) is 11.1. The van der Waals surface area contributed by atoms with E-state index in [1.165, 1.54) is 11.6 Å². The van der Waals surface area contributed by atoms with E-state index < -0.39 is 11.9 Å². The molecule has 0 aromatic heterocycles. The lowest BCUT2D eigenvalue weighted by atomic mass is 10.0. The first kappa shape index (κ1) is 19.3. The van der Waals surface area contributed by atoms with Gasteiger partial charge in [-0.3, -0.25) is 0 Å². The van der Waals surface area contributed by atoms with Gasteiger partial charge in [-0.1, -0.05) is 24.3 Å². The lowest BCUT2D eigenvalue weighted by Crippen LogP contribution is -2.15. The molecule has 2 aromatic rings. The number of carboxylic acid groups (broad SMARTS) is 2. The third kappa shape index (κ3) is 7.02. The van der Waals surface area contributed by atoms with Gasteiger partial charge in [-0.25, -0.2) is 14.0 Å². The van der Waals surface area contributed by atoms with Gasteiger partial charge in [0, 0.05) is 18.7 Å². The van der Waals surface area contributed by atoms with Crippen LogP contribution in [0.1, 0.15) is 5.56 Å². The quantitative estimate of drug-likeness (QED) is 0.823. The summed E-state index contributed by atoms with van der Waals surface area (Å²) < 4.78 is 13.2. The molecule has 0 atom stereocenters. The van der Waals surface area contributed by atoms with Gasteiger partial charge in [-0.2, -0.15) is 0 Å². The van der Waals surface area contributed by atoms with E-state index in [9.17, 15) is 14.0 Å². The highest BCUT2D eigenvalue weighted by atomic mass is 19.1. The summed E-state index contributed by atoms with van der Waals surface area (Å²) in [5.41, 5.74) is 1.21. The Labute approximate surface area is 139 Å². The summed E-state index contributed by atoms with van der Waals surface area (Å²) in [5, 5.41) is 17.8. The smallest absolute Gasteiger partial charge is 0.328 e. The van der Waals surface area contributed by atoms with Crippen LogP contribution in [0, 0.1) is 5.82 Å². The molecule has 2 N–H and O–H groups in total. The van der Waals surface area contributed by atoms with Crippen LogP contribution < -0.4 is 0 Å². The monoisotopic (exact) mass is 333 g/mol. The van der Waals surface area contributed by atoms with Crippen LogP contribution in [0.25, 0.3) is 10.8 Å². The second kappa shape index (κ2) is 9.42. The number of rotatable bonds is 5. The van der Waals surface area contributed by atoms with Crippen LogP contribution in [0.2, 0.25) is 0 Å². The van der Waals surface area contributed by atoms with Crippen LogP contribution in [-0.2, 0) is 16.0 Å². The van der Waals surface area contributed by atoms with Crippen molar-refractivity contribution in [3.8, 4) is 0 Å². The van der Waals surface area contributed by atoms with E-state index in [0.29, 0.717) is 12.2 Å². The fourth-order valence-electron chi connectivity index (χ4n) is 2.01. The predicted molar refractivity (Wildman–Crippen MR) is 90.6 cm³/mol. The molecule has 0 aliphatic carbocycles. The number of benzene rings is 2. The minimum Gasteiger partial charge on any atom is -0.478 e. The van der Waals surface area contributed by atoms with Crippen molar-refractivity contribution in [2.75, 3.05) is 20.6 Å². The average molecular weight is 333 g/mol. The maximum Gasteiger partial charge on any atom is 0.328 e. The van der Waals surface area contributed by atoms with Crippen molar-refractivity contribution >= 4 is 22.7 Å². The molecule has 0 aliphatic heterocycles. The van der Waals surface area contributed by atoms with Crippen LogP contribution in [-0.4, -0.2) is 47.7 Å². The number of hydrogen-bond donors (Lipinski definition) is 2.